The van der Waals surface area contributed by atoms with Crippen LogP contribution in [0.25, 0.3) is 0 Å². The zero-order valence-electron chi connectivity index (χ0n) is 10.9. The van der Waals surface area contributed by atoms with Gasteiger partial charge in [-0.05, 0) is 0 Å². The first-order chi connectivity index (χ1) is 9.63. The molecule has 0 saturated heterocycles. The van der Waals surface area contributed by atoms with Gasteiger partial charge in [-0.3, -0.25) is 10.1 Å². The third-order valence-electron chi connectivity index (χ3n) is 2.54. The van der Waals surface area contributed by atoms with Crippen LogP contribution in [-0.4, -0.2) is 36.7 Å². The Morgan fingerprint density at radius 1 is 1.50 bits per heavy atom. The molecule has 0 fully saturated rings. The van der Waals surface area contributed by atoms with Crippen molar-refractivity contribution < 1.29 is 9.66 Å². The molecule has 104 valence electrons. The fourth-order valence-electron chi connectivity index (χ4n) is 1.59. The normalized spacial score (nSPS) is 9.55. The summed E-state index contributed by atoms with van der Waals surface area (Å²) in [6.07, 6.45) is 1.36. The topological polar surface area (TPSA) is 116 Å². The smallest absolute Gasteiger partial charge is 0.289 e. The van der Waals surface area contributed by atoms with Crippen LogP contribution in [0.15, 0.2) is 12.3 Å². The molecule has 0 atom stereocenters. The van der Waals surface area contributed by atoms with Crippen molar-refractivity contribution in [3.63, 3.8) is 0 Å². The van der Waals surface area contributed by atoms with Crippen molar-refractivity contribution in [1.82, 2.24) is 4.98 Å². The summed E-state index contributed by atoms with van der Waals surface area (Å²) in [5.41, 5.74) is -0.134. The fourth-order valence-corrected chi connectivity index (χ4v) is 1.59. The van der Waals surface area contributed by atoms with Crippen LogP contribution in [-0.2, 0) is 4.74 Å². The van der Waals surface area contributed by atoms with Crippen LogP contribution in [0.1, 0.15) is 12.0 Å². The van der Waals surface area contributed by atoms with Gasteiger partial charge in [0.05, 0.1) is 24.0 Å². The number of methoxy groups -OCH3 is 1. The number of nitrogens with zero attached hydrogens (tertiary/aromatic N) is 5. The molecule has 1 aromatic rings. The highest BCUT2D eigenvalue weighted by Crippen LogP contribution is 2.21. The average molecular weight is 275 g/mol. The SMILES string of the molecule is COCCN(CCC#N)c1ncc([N+](=O)[O-])cc1C#N. The second-order valence-electron chi connectivity index (χ2n) is 3.82. The third-order valence-corrected chi connectivity index (χ3v) is 2.54. The predicted octanol–water partition coefficient (Wildman–Crippen LogP) is 1.23. The molecular formula is C12H13N5O3. The fraction of sp³-hybridized carbons (Fsp3) is 0.417. The molecule has 0 unspecified atom stereocenters. The molecule has 0 spiro atoms. The van der Waals surface area contributed by atoms with Gasteiger partial charge in [-0.15, -0.1) is 0 Å². The van der Waals surface area contributed by atoms with E-state index in [0.717, 1.165) is 6.20 Å². The first-order valence-corrected chi connectivity index (χ1v) is 5.79. The van der Waals surface area contributed by atoms with Crippen LogP contribution in [0.4, 0.5) is 11.5 Å². The molecule has 1 rings (SSSR count). The molecule has 0 aromatic carbocycles. The second kappa shape index (κ2) is 7.67. The summed E-state index contributed by atoms with van der Waals surface area (Å²) in [5, 5.41) is 28.4. The summed E-state index contributed by atoms with van der Waals surface area (Å²) in [6.45, 7) is 1.21. The summed E-state index contributed by atoms with van der Waals surface area (Å²) < 4.78 is 4.97. The minimum absolute atomic E-state index is 0.105. The van der Waals surface area contributed by atoms with Gasteiger partial charge in [0.2, 0.25) is 0 Å². The molecular weight excluding hydrogens is 262 g/mol. The highest BCUT2D eigenvalue weighted by atomic mass is 16.6. The molecule has 0 radical (unpaired) electrons. The largest absolute Gasteiger partial charge is 0.383 e. The highest BCUT2D eigenvalue weighted by Gasteiger charge is 2.17. The van der Waals surface area contributed by atoms with Gasteiger partial charge in [0, 0.05) is 26.3 Å². The lowest BCUT2D eigenvalue weighted by Crippen LogP contribution is -2.29. The number of ether oxygens (including phenoxy) is 1. The van der Waals surface area contributed by atoms with Crippen molar-refractivity contribution in [2.24, 2.45) is 0 Å². The quantitative estimate of drug-likeness (QED) is 0.542. The van der Waals surface area contributed by atoms with Gasteiger partial charge in [-0.2, -0.15) is 10.5 Å². The van der Waals surface area contributed by atoms with Gasteiger partial charge in [0.25, 0.3) is 5.69 Å². The molecule has 0 aliphatic heterocycles. The van der Waals surface area contributed by atoms with E-state index in [0.29, 0.717) is 25.5 Å². The Bertz CT molecular complexity index is 561. The minimum atomic E-state index is -0.605. The van der Waals surface area contributed by atoms with Crippen molar-refractivity contribution in [1.29, 1.82) is 10.5 Å². The maximum absolute atomic E-state index is 10.7. The lowest BCUT2D eigenvalue weighted by atomic mass is 10.2. The molecule has 0 bridgehead atoms. The van der Waals surface area contributed by atoms with Crippen molar-refractivity contribution in [2.45, 2.75) is 6.42 Å². The molecule has 0 aliphatic carbocycles. The van der Waals surface area contributed by atoms with Crippen molar-refractivity contribution in [3.05, 3.63) is 27.9 Å². The van der Waals surface area contributed by atoms with Crippen molar-refractivity contribution >= 4 is 11.5 Å². The Balaban J connectivity index is 3.09. The van der Waals surface area contributed by atoms with Crippen LogP contribution >= 0.6 is 0 Å². The van der Waals surface area contributed by atoms with E-state index in [9.17, 15) is 10.1 Å². The first kappa shape index (κ1) is 15.3. The minimum Gasteiger partial charge on any atom is -0.383 e. The second-order valence-corrected chi connectivity index (χ2v) is 3.82. The number of aromatic nitrogens is 1. The molecule has 20 heavy (non-hydrogen) atoms. The molecule has 0 amide bonds. The molecule has 1 aromatic heterocycles. The number of hydrogen-bond donors (Lipinski definition) is 0. The predicted molar refractivity (Wildman–Crippen MR) is 69.9 cm³/mol. The first-order valence-electron chi connectivity index (χ1n) is 5.79. The number of pyridine rings is 1. The summed E-state index contributed by atoms with van der Waals surface area (Å²) in [4.78, 5) is 15.7. The van der Waals surface area contributed by atoms with Gasteiger partial charge in [-0.1, -0.05) is 0 Å². The number of anilines is 1. The maximum atomic E-state index is 10.7. The molecule has 8 nitrogen and oxygen atoms in total. The van der Waals surface area contributed by atoms with E-state index in [-0.39, 0.29) is 17.7 Å². The van der Waals surface area contributed by atoms with Crippen LogP contribution in [0.3, 0.4) is 0 Å². The summed E-state index contributed by atoms with van der Waals surface area (Å²) in [5.74, 6) is 0.324. The van der Waals surface area contributed by atoms with Crippen molar-refractivity contribution in [3.8, 4) is 12.1 Å². The lowest BCUT2D eigenvalue weighted by molar-refractivity contribution is -0.385. The van der Waals surface area contributed by atoms with E-state index < -0.39 is 4.92 Å². The van der Waals surface area contributed by atoms with Gasteiger partial charge in [0.15, 0.2) is 0 Å². The molecule has 0 aliphatic rings. The van der Waals surface area contributed by atoms with E-state index in [2.05, 4.69) is 4.98 Å². The number of rotatable bonds is 7. The zero-order chi connectivity index (χ0) is 15.0. The Kier molecular flexibility index (Phi) is 5.88. The standard InChI is InChI=1S/C12H13N5O3/c1-20-6-5-16(4-2-3-13)12-10(8-14)7-11(9-15-12)17(18)19/h7,9H,2,4-6H2,1H3. The van der Waals surface area contributed by atoms with E-state index in [1.54, 1.807) is 4.90 Å². The van der Waals surface area contributed by atoms with Crippen molar-refractivity contribution in [2.75, 3.05) is 31.7 Å². The summed E-state index contributed by atoms with van der Waals surface area (Å²) in [7, 11) is 1.54. The lowest BCUT2D eigenvalue weighted by Gasteiger charge is -2.22. The highest BCUT2D eigenvalue weighted by molar-refractivity contribution is 5.57. The molecule has 1 heterocycles. The van der Waals surface area contributed by atoms with E-state index in [1.165, 1.54) is 13.2 Å². The monoisotopic (exact) mass is 275 g/mol. The Morgan fingerprint density at radius 2 is 2.25 bits per heavy atom. The Morgan fingerprint density at radius 3 is 2.80 bits per heavy atom. The molecule has 8 heteroatoms. The van der Waals surface area contributed by atoms with Crippen LogP contribution < -0.4 is 4.90 Å². The number of hydrogen-bond acceptors (Lipinski definition) is 7. The molecule has 0 saturated carbocycles. The van der Waals surface area contributed by atoms with Crippen LogP contribution in [0, 0.1) is 32.8 Å². The number of nitriles is 2. The molecule has 0 N–H and O–H groups in total. The van der Waals surface area contributed by atoms with Gasteiger partial charge < -0.3 is 9.64 Å². The van der Waals surface area contributed by atoms with Gasteiger partial charge in [-0.25, -0.2) is 4.98 Å². The third kappa shape index (κ3) is 3.90. The van der Waals surface area contributed by atoms with Crippen LogP contribution in [0.5, 0.6) is 0 Å². The summed E-state index contributed by atoms with van der Waals surface area (Å²) >= 11 is 0. The average Bonchev–Trinajstić information content (AvgIpc) is 2.47. The Labute approximate surface area is 116 Å². The zero-order valence-corrected chi connectivity index (χ0v) is 10.9. The van der Waals surface area contributed by atoms with E-state index in [4.69, 9.17) is 15.3 Å². The Hall–Kier alpha value is -2.71. The number of nitro groups is 1. The van der Waals surface area contributed by atoms with E-state index >= 15 is 0 Å². The maximum Gasteiger partial charge on any atom is 0.289 e. The summed E-state index contributed by atoms with van der Waals surface area (Å²) in [6, 6.07) is 5.08. The van der Waals surface area contributed by atoms with Crippen LogP contribution in [0.2, 0.25) is 0 Å². The van der Waals surface area contributed by atoms with E-state index in [1.807, 2.05) is 12.1 Å². The van der Waals surface area contributed by atoms with Gasteiger partial charge >= 0.3 is 0 Å². The van der Waals surface area contributed by atoms with Gasteiger partial charge in [0.1, 0.15) is 23.6 Å².